The number of unbranched alkanes of at least 4 members (excludes halogenated alkanes) is 2. The van der Waals surface area contributed by atoms with Crippen LogP contribution in [0.3, 0.4) is 0 Å². The van der Waals surface area contributed by atoms with Crippen LogP contribution in [-0.2, 0) is 36.7 Å². The lowest BCUT2D eigenvalue weighted by Crippen LogP contribution is -2.55. The second-order valence-electron chi connectivity index (χ2n) is 14.4. The molecule has 0 radical (unpaired) electrons. The van der Waals surface area contributed by atoms with E-state index < -0.39 is 53.2 Å². The van der Waals surface area contributed by atoms with Crippen LogP contribution in [-0.4, -0.2) is 63.7 Å². The van der Waals surface area contributed by atoms with E-state index in [2.05, 4.69) is 10.6 Å². The molecule has 3 aromatic rings. The standard InChI is InChI=1S/C40H53N3O7/c1-8-9-16-24-43(36(46)32(25-28-18-12-10-13-19-28)42-38(48)50-40(5,6)7)34(30-22-17-23-31(44)27-30)35(45)41-33(37(47)49-39(2,3)4)26-29-20-14-11-15-21-29/h10-15,17-23,27,32-34,44H,8-9,16,24-26H2,1-7H3,(H,41,45)(H,42,48). The van der Waals surface area contributed by atoms with E-state index in [9.17, 15) is 24.3 Å². The first-order chi connectivity index (χ1) is 23.6. The molecule has 0 saturated heterocycles. The summed E-state index contributed by atoms with van der Waals surface area (Å²) in [5, 5.41) is 16.2. The number of alkyl carbamates (subject to hydrolysis) is 1. The van der Waals surface area contributed by atoms with Crippen molar-refractivity contribution in [1.82, 2.24) is 15.5 Å². The van der Waals surface area contributed by atoms with Gasteiger partial charge in [-0.1, -0.05) is 92.6 Å². The molecule has 10 heteroatoms. The molecule has 3 unspecified atom stereocenters. The van der Waals surface area contributed by atoms with Gasteiger partial charge in [0.25, 0.3) is 0 Å². The Balaban J connectivity index is 2.11. The second kappa shape index (κ2) is 18.2. The van der Waals surface area contributed by atoms with Gasteiger partial charge in [0.2, 0.25) is 11.8 Å². The highest BCUT2D eigenvalue weighted by molar-refractivity contribution is 5.94. The van der Waals surface area contributed by atoms with Crippen molar-refractivity contribution >= 4 is 23.9 Å². The highest BCUT2D eigenvalue weighted by Gasteiger charge is 2.38. The van der Waals surface area contributed by atoms with E-state index in [-0.39, 0.29) is 25.1 Å². The van der Waals surface area contributed by atoms with Crippen LogP contribution in [0.15, 0.2) is 84.9 Å². The largest absolute Gasteiger partial charge is 0.508 e. The summed E-state index contributed by atoms with van der Waals surface area (Å²) in [6.45, 7) is 12.6. The summed E-state index contributed by atoms with van der Waals surface area (Å²) in [5.74, 6) is -1.87. The van der Waals surface area contributed by atoms with Crippen molar-refractivity contribution in [2.45, 2.75) is 110 Å². The van der Waals surface area contributed by atoms with Gasteiger partial charge in [-0.15, -0.1) is 0 Å². The number of ether oxygens (including phenoxy) is 2. The van der Waals surface area contributed by atoms with Crippen molar-refractivity contribution in [1.29, 1.82) is 0 Å². The zero-order chi connectivity index (χ0) is 36.9. The summed E-state index contributed by atoms with van der Waals surface area (Å²) in [6.07, 6.45) is 1.70. The third kappa shape index (κ3) is 13.2. The maximum atomic E-state index is 14.8. The summed E-state index contributed by atoms with van der Waals surface area (Å²) < 4.78 is 11.3. The predicted octanol–water partition coefficient (Wildman–Crippen LogP) is 6.66. The molecule has 0 spiro atoms. The molecular weight excluding hydrogens is 634 g/mol. The number of esters is 1. The molecule has 0 heterocycles. The summed E-state index contributed by atoms with van der Waals surface area (Å²) in [7, 11) is 0. The van der Waals surface area contributed by atoms with Gasteiger partial charge in [0, 0.05) is 19.4 Å². The quantitative estimate of drug-likeness (QED) is 0.120. The number of benzene rings is 3. The first-order valence-electron chi connectivity index (χ1n) is 17.3. The van der Waals surface area contributed by atoms with E-state index in [1.807, 2.05) is 67.6 Å². The number of rotatable bonds is 15. The Bertz CT molecular complexity index is 1550. The zero-order valence-corrected chi connectivity index (χ0v) is 30.4. The van der Waals surface area contributed by atoms with Gasteiger partial charge in [0.05, 0.1) is 0 Å². The Morgan fingerprint density at radius 3 is 1.80 bits per heavy atom. The average Bonchev–Trinajstić information content (AvgIpc) is 3.02. The number of hydrogen-bond acceptors (Lipinski definition) is 7. The molecule has 3 aromatic carbocycles. The summed E-state index contributed by atoms with van der Waals surface area (Å²) in [4.78, 5) is 57.4. The maximum absolute atomic E-state index is 14.8. The highest BCUT2D eigenvalue weighted by Crippen LogP contribution is 2.27. The molecule has 0 fully saturated rings. The maximum Gasteiger partial charge on any atom is 0.408 e. The number of amides is 3. The molecule has 3 N–H and O–H groups in total. The molecule has 0 saturated carbocycles. The van der Waals surface area contributed by atoms with E-state index in [4.69, 9.17) is 9.47 Å². The van der Waals surface area contributed by atoms with Crippen LogP contribution < -0.4 is 10.6 Å². The Morgan fingerprint density at radius 1 is 0.720 bits per heavy atom. The lowest BCUT2D eigenvalue weighted by atomic mass is 9.98. The van der Waals surface area contributed by atoms with Gasteiger partial charge in [-0.2, -0.15) is 0 Å². The number of phenolic OH excluding ortho intramolecular Hbond substituents is 1. The first-order valence-corrected chi connectivity index (χ1v) is 17.3. The number of nitrogens with zero attached hydrogens (tertiary/aromatic N) is 1. The number of aromatic hydroxyl groups is 1. The van der Waals surface area contributed by atoms with Crippen LogP contribution in [0.2, 0.25) is 0 Å². The van der Waals surface area contributed by atoms with Crippen molar-refractivity contribution in [2.75, 3.05) is 6.54 Å². The molecule has 0 aromatic heterocycles. The van der Waals surface area contributed by atoms with Crippen molar-refractivity contribution in [3.05, 3.63) is 102 Å². The lowest BCUT2D eigenvalue weighted by Gasteiger charge is -2.35. The topological polar surface area (TPSA) is 134 Å². The SMILES string of the molecule is CCCCCN(C(=O)C(Cc1ccccc1)NC(=O)OC(C)(C)C)C(C(=O)NC(Cc1ccccc1)C(=O)OC(C)(C)C)c1cccc(O)c1. The van der Waals surface area contributed by atoms with E-state index >= 15 is 0 Å². The van der Waals surface area contributed by atoms with Gasteiger partial charge in [0.1, 0.15) is 35.1 Å². The second-order valence-corrected chi connectivity index (χ2v) is 14.4. The lowest BCUT2D eigenvalue weighted by molar-refractivity contribution is -0.159. The Morgan fingerprint density at radius 2 is 1.28 bits per heavy atom. The first kappa shape index (κ1) is 39.6. The number of carbonyl (C=O) groups is 4. The third-order valence-electron chi connectivity index (χ3n) is 7.59. The molecule has 3 rings (SSSR count). The Kier molecular flexibility index (Phi) is 14.4. The van der Waals surface area contributed by atoms with Crippen molar-refractivity contribution < 1.29 is 33.8 Å². The third-order valence-corrected chi connectivity index (χ3v) is 7.59. The molecule has 3 atom stereocenters. The fraction of sp³-hybridized carbons (Fsp3) is 0.450. The molecule has 0 aliphatic heterocycles. The molecule has 0 aliphatic carbocycles. The van der Waals surface area contributed by atoms with E-state index in [0.29, 0.717) is 12.0 Å². The molecule has 0 aliphatic rings. The Labute approximate surface area is 296 Å². The number of hydrogen-bond donors (Lipinski definition) is 3. The summed E-state index contributed by atoms with van der Waals surface area (Å²) in [6, 6.07) is 21.2. The van der Waals surface area contributed by atoms with Crippen LogP contribution in [0.25, 0.3) is 0 Å². The van der Waals surface area contributed by atoms with Gasteiger partial charge in [-0.05, 0) is 76.8 Å². The average molecular weight is 688 g/mol. The van der Waals surface area contributed by atoms with Gasteiger partial charge in [-0.25, -0.2) is 9.59 Å². The van der Waals surface area contributed by atoms with Gasteiger partial charge in [-0.3, -0.25) is 9.59 Å². The highest BCUT2D eigenvalue weighted by atomic mass is 16.6. The minimum Gasteiger partial charge on any atom is -0.508 e. The van der Waals surface area contributed by atoms with Crippen LogP contribution in [0.5, 0.6) is 5.75 Å². The molecule has 0 bridgehead atoms. The Hall–Kier alpha value is -4.86. The minimum atomic E-state index is -1.27. The van der Waals surface area contributed by atoms with E-state index in [1.54, 1.807) is 53.7 Å². The van der Waals surface area contributed by atoms with Crippen LogP contribution in [0.1, 0.15) is 90.5 Å². The van der Waals surface area contributed by atoms with Crippen molar-refractivity contribution in [2.24, 2.45) is 0 Å². The molecular formula is C40H53N3O7. The van der Waals surface area contributed by atoms with Gasteiger partial charge >= 0.3 is 12.1 Å². The van der Waals surface area contributed by atoms with Crippen LogP contribution in [0, 0.1) is 0 Å². The van der Waals surface area contributed by atoms with Crippen molar-refractivity contribution in [3.63, 3.8) is 0 Å². The van der Waals surface area contributed by atoms with Crippen molar-refractivity contribution in [3.8, 4) is 5.75 Å². The zero-order valence-electron chi connectivity index (χ0n) is 30.4. The summed E-state index contributed by atoms with van der Waals surface area (Å²) in [5.41, 5.74) is 0.303. The predicted molar refractivity (Wildman–Crippen MR) is 193 cm³/mol. The number of nitrogens with one attached hydrogen (secondary N) is 2. The normalized spacial score (nSPS) is 13.3. The molecule has 50 heavy (non-hydrogen) atoms. The monoisotopic (exact) mass is 687 g/mol. The van der Waals surface area contributed by atoms with Gasteiger partial charge in [0.15, 0.2) is 0 Å². The fourth-order valence-electron chi connectivity index (χ4n) is 5.43. The van der Waals surface area contributed by atoms with Crippen LogP contribution in [0.4, 0.5) is 4.79 Å². The van der Waals surface area contributed by atoms with Gasteiger partial charge < -0.3 is 30.1 Å². The molecule has 10 nitrogen and oxygen atoms in total. The molecule has 270 valence electrons. The smallest absolute Gasteiger partial charge is 0.408 e. The fourth-order valence-corrected chi connectivity index (χ4v) is 5.43. The van der Waals surface area contributed by atoms with E-state index in [0.717, 1.165) is 24.0 Å². The minimum absolute atomic E-state index is 0.0954. The number of phenols is 1. The number of carbonyl (C=O) groups excluding carboxylic acids is 4. The molecule has 3 amide bonds. The summed E-state index contributed by atoms with van der Waals surface area (Å²) >= 11 is 0. The van der Waals surface area contributed by atoms with Crippen LogP contribution >= 0.6 is 0 Å². The van der Waals surface area contributed by atoms with E-state index in [1.165, 1.54) is 17.0 Å².